The molecule has 0 spiro atoms. The minimum atomic E-state index is 0.347. The number of aldehydes is 1. The van der Waals surface area contributed by atoms with Gasteiger partial charge in [-0.3, -0.25) is 4.79 Å². The fourth-order valence-electron chi connectivity index (χ4n) is 3.18. The van der Waals surface area contributed by atoms with Gasteiger partial charge in [-0.15, -0.1) is 0 Å². The van der Waals surface area contributed by atoms with E-state index in [4.69, 9.17) is 4.74 Å². The standard InChI is InChI=1S/C14H16O2/c15-9-12-3-1-2-4-13(12)16-14-8-10-5-6-11(14)7-10/h1-4,9-11,14H,5-8H2. The van der Waals surface area contributed by atoms with Gasteiger partial charge in [-0.05, 0) is 49.7 Å². The van der Waals surface area contributed by atoms with Gasteiger partial charge in [0.25, 0.3) is 0 Å². The number of carbonyl (C=O) groups is 1. The SMILES string of the molecule is O=Cc1ccccc1OC1CC2CCC1C2. The molecule has 3 rings (SSSR count). The largest absolute Gasteiger partial charge is 0.489 e. The van der Waals surface area contributed by atoms with Gasteiger partial charge in [-0.25, -0.2) is 0 Å². The monoisotopic (exact) mass is 216 g/mol. The number of para-hydroxylation sites is 1. The maximum atomic E-state index is 10.9. The van der Waals surface area contributed by atoms with Crippen LogP contribution in [0.25, 0.3) is 0 Å². The van der Waals surface area contributed by atoms with E-state index < -0.39 is 0 Å². The van der Waals surface area contributed by atoms with Gasteiger partial charge in [0.15, 0.2) is 6.29 Å². The molecule has 0 aromatic heterocycles. The van der Waals surface area contributed by atoms with E-state index in [0.717, 1.165) is 23.9 Å². The average Bonchev–Trinajstić information content (AvgIpc) is 2.92. The molecule has 0 N–H and O–H groups in total. The van der Waals surface area contributed by atoms with E-state index in [1.54, 1.807) is 0 Å². The van der Waals surface area contributed by atoms with E-state index >= 15 is 0 Å². The average molecular weight is 216 g/mol. The first-order chi connectivity index (χ1) is 7.86. The Morgan fingerprint density at radius 1 is 1.19 bits per heavy atom. The summed E-state index contributed by atoms with van der Waals surface area (Å²) in [5.41, 5.74) is 0.672. The van der Waals surface area contributed by atoms with E-state index in [1.165, 1.54) is 25.7 Å². The van der Waals surface area contributed by atoms with Crippen molar-refractivity contribution in [3.8, 4) is 5.75 Å². The summed E-state index contributed by atoms with van der Waals surface area (Å²) in [5, 5.41) is 0. The predicted octanol–water partition coefficient (Wildman–Crippen LogP) is 3.07. The summed E-state index contributed by atoms with van der Waals surface area (Å²) in [4.78, 5) is 10.9. The van der Waals surface area contributed by atoms with Crippen LogP contribution in [-0.2, 0) is 0 Å². The van der Waals surface area contributed by atoms with E-state index in [9.17, 15) is 4.79 Å². The Hall–Kier alpha value is -1.31. The smallest absolute Gasteiger partial charge is 0.153 e. The zero-order valence-electron chi connectivity index (χ0n) is 9.26. The molecule has 16 heavy (non-hydrogen) atoms. The van der Waals surface area contributed by atoms with Crippen molar-refractivity contribution in [1.29, 1.82) is 0 Å². The first-order valence-corrected chi connectivity index (χ1v) is 6.07. The fourth-order valence-corrected chi connectivity index (χ4v) is 3.18. The fraction of sp³-hybridized carbons (Fsp3) is 0.500. The predicted molar refractivity (Wildman–Crippen MR) is 61.7 cm³/mol. The second-order valence-electron chi connectivity index (χ2n) is 4.99. The summed E-state index contributed by atoms with van der Waals surface area (Å²) in [5.74, 6) is 2.36. The van der Waals surface area contributed by atoms with Crippen LogP contribution >= 0.6 is 0 Å². The molecule has 0 saturated heterocycles. The van der Waals surface area contributed by atoms with Gasteiger partial charge in [0.05, 0.1) is 5.56 Å². The zero-order valence-corrected chi connectivity index (χ0v) is 9.26. The normalized spacial score (nSPS) is 31.6. The molecule has 1 aromatic carbocycles. The van der Waals surface area contributed by atoms with E-state index in [0.29, 0.717) is 11.7 Å². The third kappa shape index (κ3) is 1.62. The van der Waals surface area contributed by atoms with Crippen molar-refractivity contribution in [2.24, 2.45) is 11.8 Å². The highest BCUT2D eigenvalue weighted by Gasteiger charge is 2.41. The summed E-state index contributed by atoms with van der Waals surface area (Å²) in [6.07, 6.45) is 6.41. The molecular formula is C14H16O2. The number of fused-ring (bicyclic) bond motifs is 2. The maximum Gasteiger partial charge on any atom is 0.153 e. The number of hydrogen-bond acceptors (Lipinski definition) is 2. The van der Waals surface area contributed by atoms with Crippen molar-refractivity contribution >= 4 is 6.29 Å². The third-order valence-electron chi connectivity index (χ3n) is 4.00. The number of carbonyl (C=O) groups excluding carboxylic acids is 1. The Bertz CT molecular complexity index is 399. The molecular weight excluding hydrogens is 200 g/mol. The summed E-state index contributed by atoms with van der Waals surface area (Å²) < 4.78 is 6.00. The van der Waals surface area contributed by atoms with Gasteiger partial charge in [0.1, 0.15) is 11.9 Å². The summed E-state index contributed by atoms with van der Waals surface area (Å²) in [7, 11) is 0. The van der Waals surface area contributed by atoms with Crippen molar-refractivity contribution in [3.63, 3.8) is 0 Å². The van der Waals surface area contributed by atoms with E-state index in [1.807, 2.05) is 24.3 Å². The van der Waals surface area contributed by atoms with Crippen molar-refractivity contribution in [3.05, 3.63) is 29.8 Å². The Balaban J connectivity index is 1.76. The lowest BCUT2D eigenvalue weighted by Crippen LogP contribution is -2.23. The molecule has 2 bridgehead atoms. The van der Waals surface area contributed by atoms with Crippen molar-refractivity contribution in [2.45, 2.75) is 31.8 Å². The molecule has 2 nitrogen and oxygen atoms in total. The number of hydrogen-bond donors (Lipinski definition) is 0. The third-order valence-corrected chi connectivity index (χ3v) is 4.00. The van der Waals surface area contributed by atoms with Crippen LogP contribution in [0.5, 0.6) is 5.75 Å². The Labute approximate surface area is 95.6 Å². The highest BCUT2D eigenvalue weighted by atomic mass is 16.5. The summed E-state index contributed by atoms with van der Waals surface area (Å²) in [6.45, 7) is 0. The van der Waals surface area contributed by atoms with Gasteiger partial charge in [0.2, 0.25) is 0 Å². The van der Waals surface area contributed by atoms with Crippen molar-refractivity contribution < 1.29 is 9.53 Å². The van der Waals surface area contributed by atoms with Crippen LogP contribution in [0, 0.1) is 11.8 Å². The van der Waals surface area contributed by atoms with Crippen LogP contribution in [0.15, 0.2) is 24.3 Å². The molecule has 0 aliphatic heterocycles. The number of ether oxygens (including phenoxy) is 1. The van der Waals surface area contributed by atoms with Crippen molar-refractivity contribution in [2.75, 3.05) is 0 Å². The van der Waals surface area contributed by atoms with E-state index in [2.05, 4.69) is 0 Å². The molecule has 2 aliphatic rings. The van der Waals surface area contributed by atoms with E-state index in [-0.39, 0.29) is 0 Å². The second kappa shape index (κ2) is 3.93. The molecule has 0 radical (unpaired) electrons. The van der Waals surface area contributed by atoms with Crippen LogP contribution in [0.3, 0.4) is 0 Å². The lowest BCUT2D eigenvalue weighted by atomic mass is 9.97. The Morgan fingerprint density at radius 2 is 2.06 bits per heavy atom. The van der Waals surface area contributed by atoms with Crippen LogP contribution in [0.2, 0.25) is 0 Å². The molecule has 3 unspecified atom stereocenters. The topological polar surface area (TPSA) is 26.3 Å². The molecule has 3 atom stereocenters. The van der Waals surface area contributed by atoms with Crippen LogP contribution in [0.4, 0.5) is 0 Å². The van der Waals surface area contributed by atoms with Crippen LogP contribution in [-0.4, -0.2) is 12.4 Å². The molecule has 1 aromatic rings. The van der Waals surface area contributed by atoms with Crippen LogP contribution < -0.4 is 4.74 Å². The summed E-state index contributed by atoms with van der Waals surface area (Å²) in [6, 6.07) is 7.51. The molecule has 0 amide bonds. The maximum absolute atomic E-state index is 10.9. The van der Waals surface area contributed by atoms with Crippen LogP contribution in [0.1, 0.15) is 36.0 Å². The minimum Gasteiger partial charge on any atom is -0.489 e. The van der Waals surface area contributed by atoms with Gasteiger partial charge in [-0.1, -0.05) is 12.1 Å². The lowest BCUT2D eigenvalue weighted by Gasteiger charge is -2.23. The Kier molecular flexibility index (Phi) is 2.43. The highest BCUT2D eigenvalue weighted by molar-refractivity contribution is 5.79. The van der Waals surface area contributed by atoms with Crippen molar-refractivity contribution in [1.82, 2.24) is 0 Å². The Morgan fingerprint density at radius 3 is 2.75 bits per heavy atom. The zero-order chi connectivity index (χ0) is 11.0. The van der Waals surface area contributed by atoms with Gasteiger partial charge < -0.3 is 4.74 Å². The quantitative estimate of drug-likeness (QED) is 0.726. The summed E-state index contributed by atoms with van der Waals surface area (Å²) >= 11 is 0. The first-order valence-electron chi connectivity index (χ1n) is 6.07. The minimum absolute atomic E-state index is 0.347. The molecule has 2 fully saturated rings. The van der Waals surface area contributed by atoms with Gasteiger partial charge in [-0.2, -0.15) is 0 Å². The molecule has 0 heterocycles. The first kappa shape index (κ1) is 9.88. The van der Waals surface area contributed by atoms with Gasteiger partial charge >= 0.3 is 0 Å². The lowest BCUT2D eigenvalue weighted by molar-refractivity contribution is 0.110. The molecule has 84 valence electrons. The van der Waals surface area contributed by atoms with Gasteiger partial charge in [0, 0.05) is 0 Å². The molecule has 2 aliphatic carbocycles. The second-order valence-corrected chi connectivity index (χ2v) is 4.99. The molecule has 2 saturated carbocycles. The highest BCUT2D eigenvalue weighted by Crippen LogP contribution is 2.46. The number of rotatable bonds is 3. The molecule has 2 heteroatoms. The number of benzene rings is 1.